The van der Waals surface area contributed by atoms with E-state index in [2.05, 4.69) is 9.97 Å². The van der Waals surface area contributed by atoms with Crippen LogP contribution in [0.1, 0.15) is 59.3 Å². The number of allylic oxidation sites excluding steroid dienone is 1. The first-order valence-corrected chi connectivity index (χ1v) is 14.4. The largest absolute Gasteiger partial charge is 0.463 e. The molecular weight excluding hydrogens is 532 g/mol. The summed E-state index contributed by atoms with van der Waals surface area (Å²) >= 11 is 0. The maximum absolute atomic E-state index is 13.6. The molecule has 2 aromatic heterocycles. The molecule has 42 heavy (non-hydrogen) atoms. The van der Waals surface area contributed by atoms with E-state index < -0.39 is 17.9 Å². The Morgan fingerprint density at radius 1 is 0.810 bits per heavy atom. The Labute approximate surface area is 241 Å². The lowest BCUT2D eigenvalue weighted by Gasteiger charge is -2.21. The third-order valence-corrected chi connectivity index (χ3v) is 8.42. The molecule has 0 amide bonds. The number of H-pyrrole nitrogens is 2. The molecular formula is C34H30N2O6. The van der Waals surface area contributed by atoms with Crippen LogP contribution in [0.3, 0.4) is 0 Å². The molecule has 2 aliphatic carbocycles. The fourth-order valence-corrected chi connectivity index (χ4v) is 6.67. The van der Waals surface area contributed by atoms with E-state index in [4.69, 9.17) is 14.2 Å². The van der Waals surface area contributed by atoms with Crippen molar-refractivity contribution in [1.29, 1.82) is 0 Å². The number of rotatable bonds is 7. The molecule has 0 saturated carbocycles. The smallest absolute Gasteiger partial charge is 0.338 e. The molecule has 2 heterocycles. The Morgan fingerprint density at radius 2 is 1.55 bits per heavy atom. The molecule has 0 atom stereocenters. The van der Waals surface area contributed by atoms with Crippen LogP contribution in [0.5, 0.6) is 5.75 Å². The van der Waals surface area contributed by atoms with Gasteiger partial charge in [-0.3, -0.25) is 4.79 Å². The summed E-state index contributed by atoms with van der Waals surface area (Å²) in [5, 5.41) is 3.73. The normalized spacial score (nSPS) is 14.9. The van der Waals surface area contributed by atoms with Crippen LogP contribution < -0.4 is 4.74 Å². The van der Waals surface area contributed by atoms with Crippen molar-refractivity contribution in [3.63, 3.8) is 0 Å². The predicted octanol–water partition coefficient (Wildman–Crippen LogP) is 6.34. The van der Waals surface area contributed by atoms with E-state index in [0.29, 0.717) is 24.0 Å². The fourth-order valence-electron chi connectivity index (χ4n) is 6.67. The van der Waals surface area contributed by atoms with Gasteiger partial charge in [-0.2, -0.15) is 0 Å². The number of esters is 3. The number of aryl methyl sites for hydroxylation is 3. The van der Waals surface area contributed by atoms with Gasteiger partial charge in [0.25, 0.3) is 0 Å². The van der Waals surface area contributed by atoms with Crippen LogP contribution in [0, 0.1) is 0 Å². The summed E-state index contributed by atoms with van der Waals surface area (Å²) in [6.07, 6.45) is 6.55. The number of hydrogen-bond donors (Lipinski definition) is 2. The lowest BCUT2D eigenvalue weighted by atomic mass is 9.85. The molecule has 8 heteroatoms. The summed E-state index contributed by atoms with van der Waals surface area (Å²) < 4.78 is 16.8. The molecule has 0 aliphatic heterocycles. The molecule has 0 radical (unpaired) electrons. The average Bonchev–Trinajstić information content (AvgIpc) is 3.62. The Morgan fingerprint density at radius 3 is 2.33 bits per heavy atom. The van der Waals surface area contributed by atoms with Gasteiger partial charge < -0.3 is 24.2 Å². The lowest BCUT2D eigenvalue weighted by molar-refractivity contribution is -0.141. The Hall–Kier alpha value is -4.85. The van der Waals surface area contributed by atoms with E-state index in [0.717, 1.165) is 67.7 Å². The van der Waals surface area contributed by atoms with Gasteiger partial charge in [-0.05, 0) is 97.0 Å². The molecule has 7 rings (SSSR count). The molecule has 0 saturated heterocycles. The molecule has 2 N–H and O–H groups in total. The van der Waals surface area contributed by atoms with E-state index in [1.165, 1.54) is 5.56 Å². The van der Waals surface area contributed by atoms with Crippen molar-refractivity contribution in [2.45, 2.75) is 46.0 Å². The van der Waals surface area contributed by atoms with Gasteiger partial charge in [0.15, 0.2) is 0 Å². The van der Waals surface area contributed by atoms with Gasteiger partial charge in [0.1, 0.15) is 5.75 Å². The van der Waals surface area contributed by atoms with Gasteiger partial charge in [-0.1, -0.05) is 12.1 Å². The van der Waals surface area contributed by atoms with Gasteiger partial charge in [-0.25, -0.2) is 9.59 Å². The first-order chi connectivity index (χ1) is 20.5. The highest BCUT2D eigenvalue weighted by Crippen LogP contribution is 2.42. The lowest BCUT2D eigenvalue weighted by Crippen LogP contribution is -2.19. The number of aromatic amines is 2. The second-order valence-electron chi connectivity index (χ2n) is 10.7. The molecule has 8 nitrogen and oxygen atoms in total. The van der Waals surface area contributed by atoms with Gasteiger partial charge in [-0.15, -0.1) is 0 Å². The maximum atomic E-state index is 13.6. The topological polar surface area (TPSA) is 110 Å². The predicted molar refractivity (Wildman–Crippen MR) is 160 cm³/mol. The van der Waals surface area contributed by atoms with Crippen molar-refractivity contribution in [3.8, 4) is 5.75 Å². The molecule has 2 aliphatic rings. The molecule has 0 spiro atoms. The number of hydrogen-bond acceptors (Lipinski definition) is 6. The second kappa shape index (κ2) is 10.2. The van der Waals surface area contributed by atoms with Crippen molar-refractivity contribution >= 4 is 56.1 Å². The fraction of sp³-hybridized carbons (Fsp3) is 0.265. The number of benzene rings is 3. The van der Waals surface area contributed by atoms with E-state index in [9.17, 15) is 14.4 Å². The van der Waals surface area contributed by atoms with Crippen LogP contribution >= 0.6 is 0 Å². The van der Waals surface area contributed by atoms with E-state index >= 15 is 0 Å². The van der Waals surface area contributed by atoms with Crippen molar-refractivity contribution in [2.24, 2.45) is 0 Å². The standard InChI is InChI=1S/C34H30N2O6/c1-3-40-33(38)24-14-28(23-12-13-27-31-19(17-36-27)9-11-22(24)32(23)31)42-29(37)15-25(34(39)41-4-2)20-10-8-18-16-35-26-7-5-6-21(20)30(18)26/h5-7,12-14,16-17,35-36H,3-4,8-11,15H2,1-2H3/b25-20+. The second-order valence-corrected chi connectivity index (χ2v) is 10.7. The van der Waals surface area contributed by atoms with Gasteiger partial charge in [0.2, 0.25) is 0 Å². The van der Waals surface area contributed by atoms with Crippen LogP contribution in [0.2, 0.25) is 0 Å². The van der Waals surface area contributed by atoms with Gasteiger partial charge in [0, 0.05) is 39.6 Å². The monoisotopic (exact) mass is 562 g/mol. The van der Waals surface area contributed by atoms with Crippen LogP contribution in [0.25, 0.3) is 38.2 Å². The Balaban J connectivity index is 1.32. The highest BCUT2D eigenvalue weighted by Gasteiger charge is 2.29. The van der Waals surface area contributed by atoms with E-state index in [-0.39, 0.29) is 25.4 Å². The Bertz CT molecular complexity index is 1970. The van der Waals surface area contributed by atoms with Gasteiger partial charge >= 0.3 is 17.9 Å². The molecule has 0 unspecified atom stereocenters. The summed E-state index contributed by atoms with van der Waals surface area (Å²) in [6.45, 7) is 3.93. The van der Waals surface area contributed by atoms with Crippen molar-refractivity contribution < 1.29 is 28.6 Å². The first kappa shape index (κ1) is 26.1. The zero-order valence-corrected chi connectivity index (χ0v) is 23.5. The third kappa shape index (κ3) is 4.09. The summed E-state index contributed by atoms with van der Waals surface area (Å²) in [6, 6.07) is 11.4. The summed E-state index contributed by atoms with van der Waals surface area (Å²) in [5.41, 5.74) is 7.60. The van der Waals surface area contributed by atoms with Crippen molar-refractivity contribution in [2.75, 3.05) is 13.2 Å². The Kier molecular flexibility index (Phi) is 6.34. The summed E-state index contributed by atoms with van der Waals surface area (Å²) in [7, 11) is 0. The highest BCUT2D eigenvalue weighted by atomic mass is 16.5. The maximum Gasteiger partial charge on any atom is 0.338 e. The van der Waals surface area contributed by atoms with Crippen molar-refractivity contribution in [1.82, 2.24) is 9.97 Å². The molecule has 3 aromatic carbocycles. The van der Waals surface area contributed by atoms with E-state index in [1.807, 2.05) is 42.7 Å². The third-order valence-electron chi connectivity index (χ3n) is 8.42. The van der Waals surface area contributed by atoms with E-state index in [1.54, 1.807) is 19.9 Å². The molecule has 0 fully saturated rings. The molecule has 0 bridgehead atoms. The number of nitrogens with one attached hydrogen (secondary N) is 2. The van der Waals surface area contributed by atoms with Crippen LogP contribution in [-0.4, -0.2) is 41.1 Å². The summed E-state index contributed by atoms with van der Waals surface area (Å²) in [4.78, 5) is 46.6. The number of carbonyl (C=O) groups is 3. The minimum absolute atomic E-state index is 0.189. The zero-order valence-electron chi connectivity index (χ0n) is 23.5. The van der Waals surface area contributed by atoms with Crippen LogP contribution in [-0.2, 0) is 38.3 Å². The first-order valence-electron chi connectivity index (χ1n) is 14.4. The van der Waals surface area contributed by atoms with Crippen molar-refractivity contribution in [3.05, 3.63) is 82.2 Å². The number of carbonyl (C=O) groups excluding carboxylic acids is 3. The van der Waals surface area contributed by atoms with Crippen LogP contribution in [0.4, 0.5) is 0 Å². The SMILES string of the molecule is CCOC(=O)/C(CC(=O)Oc1cc(C(=O)OCC)c2c3c1ccc1[nH]cc(c13)CC2)=C1\CCc2c[nH]c3cccc1c23. The summed E-state index contributed by atoms with van der Waals surface area (Å²) in [5.74, 6) is -1.31. The quantitative estimate of drug-likeness (QED) is 0.136. The molecule has 212 valence electrons. The average molecular weight is 563 g/mol. The minimum Gasteiger partial charge on any atom is -0.463 e. The zero-order chi connectivity index (χ0) is 29.0. The number of aromatic nitrogens is 2. The number of ether oxygens (including phenoxy) is 3. The van der Waals surface area contributed by atoms with Crippen LogP contribution in [0.15, 0.2) is 54.4 Å². The minimum atomic E-state index is -0.604. The van der Waals surface area contributed by atoms with Gasteiger partial charge in [0.05, 0.1) is 30.8 Å². The highest BCUT2D eigenvalue weighted by molar-refractivity contribution is 6.16. The molecule has 5 aromatic rings.